The third kappa shape index (κ3) is 18.8. The molecule has 0 spiro atoms. The molecule has 0 heterocycles. The molecule has 0 bridgehead atoms. The lowest BCUT2D eigenvalue weighted by Gasteiger charge is -2.09. The summed E-state index contributed by atoms with van der Waals surface area (Å²) in [5, 5.41) is 40.6. The molecule has 0 amide bonds. The van der Waals surface area contributed by atoms with E-state index in [9.17, 15) is 9.59 Å². The van der Waals surface area contributed by atoms with Crippen LogP contribution in [0.2, 0.25) is 0 Å². The van der Waals surface area contributed by atoms with E-state index in [0.717, 1.165) is 0 Å². The fourth-order valence-electron chi connectivity index (χ4n) is 0.439. The van der Waals surface area contributed by atoms with Gasteiger partial charge in [0.1, 0.15) is 10.7 Å². The number of carboxylic acid groups (broad SMARTS) is 2. The quantitative estimate of drug-likeness (QED) is 0.336. The number of hydrogen-bond donors (Lipinski definition) is 5. The van der Waals surface area contributed by atoms with Gasteiger partial charge in [-0.25, -0.2) is 4.79 Å². The van der Waals surface area contributed by atoms with Crippen LogP contribution >= 0.6 is 11.8 Å². The van der Waals surface area contributed by atoms with Crippen molar-refractivity contribution in [1.82, 2.24) is 0 Å². The largest absolute Gasteiger partial charge is 0.480 e. The normalized spacial score (nSPS) is 11.4. The van der Waals surface area contributed by atoms with Gasteiger partial charge in [-0.3, -0.25) is 4.79 Å². The summed E-state index contributed by atoms with van der Waals surface area (Å²) < 4.78 is 0. The van der Waals surface area contributed by atoms with Gasteiger partial charge in [0.25, 0.3) is 0 Å². The molecular formula is C11H20N2O6S. The minimum atomic E-state index is -1.04. The van der Waals surface area contributed by atoms with E-state index in [1.54, 1.807) is 12.3 Å². The fraction of sp³-hybridized carbons (Fsp3) is 0.545. The summed E-state index contributed by atoms with van der Waals surface area (Å²) in [6, 6.07) is -0.498. The maximum absolute atomic E-state index is 10.3. The lowest BCUT2D eigenvalue weighted by Crippen LogP contribution is -2.35. The van der Waals surface area contributed by atoms with Crippen LogP contribution in [0.3, 0.4) is 0 Å². The van der Waals surface area contributed by atoms with Gasteiger partial charge in [-0.1, -0.05) is 6.58 Å². The number of carbonyl (C=O) groups is 2. The predicted molar refractivity (Wildman–Crippen MR) is 74.9 cm³/mol. The Morgan fingerprint density at radius 2 is 1.70 bits per heavy atom. The maximum atomic E-state index is 10.3. The highest BCUT2D eigenvalue weighted by atomic mass is 32.2. The minimum absolute atomic E-state index is 0.125. The summed E-state index contributed by atoms with van der Waals surface area (Å²) in [7, 11) is 0. The average Bonchev–Trinajstić information content (AvgIpc) is 2.36. The van der Waals surface area contributed by atoms with Crippen molar-refractivity contribution in [3.63, 3.8) is 0 Å². The Morgan fingerprint density at radius 3 is 1.75 bits per heavy atom. The summed E-state index contributed by atoms with van der Waals surface area (Å²) in [4.78, 5) is 19.9. The Morgan fingerprint density at radius 1 is 1.35 bits per heavy atom. The topological polar surface area (TPSA) is 165 Å². The van der Waals surface area contributed by atoms with Gasteiger partial charge in [0.15, 0.2) is 0 Å². The molecule has 0 aromatic heterocycles. The SMILES string of the molecule is C=C(C)C(=O)O.CC(N)C(SC#N)C(=O)O.OCCO. The lowest BCUT2D eigenvalue weighted by molar-refractivity contribution is -0.136. The van der Waals surface area contributed by atoms with E-state index in [-0.39, 0.29) is 18.8 Å². The number of aliphatic hydroxyl groups excluding tert-OH is 2. The zero-order valence-corrected chi connectivity index (χ0v) is 12.1. The van der Waals surface area contributed by atoms with Gasteiger partial charge < -0.3 is 26.2 Å². The van der Waals surface area contributed by atoms with Crippen LogP contribution in [0.5, 0.6) is 0 Å². The van der Waals surface area contributed by atoms with Crippen molar-refractivity contribution in [2.75, 3.05) is 13.2 Å². The molecule has 0 aliphatic rings. The van der Waals surface area contributed by atoms with Crippen molar-refractivity contribution in [2.45, 2.75) is 25.1 Å². The Kier molecular flexibility index (Phi) is 18.2. The Bertz CT molecular complexity index is 326. The molecule has 116 valence electrons. The van der Waals surface area contributed by atoms with Crippen LogP contribution in [0.1, 0.15) is 13.8 Å². The molecule has 0 aliphatic heterocycles. The third-order valence-electron chi connectivity index (χ3n) is 1.37. The molecule has 0 saturated carbocycles. The number of hydrogen-bond acceptors (Lipinski definition) is 7. The highest BCUT2D eigenvalue weighted by Gasteiger charge is 2.22. The van der Waals surface area contributed by atoms with Gasteiger partial charge in [0, 0.05) is 11.6 Å². The highest BCUT2D eigenvalue weighted by molar-refractivity contribution is 8.05. The van der Waals surface area contributed by atoms with Crippen LogP contribution in [0.15, 0.2) is 12.2 Å². The Balaban J connectivity index is -0.000000246. The van der Waals surface area contributed by atoms with Crippen LogP contribution in [-0.2, 0) is 9.59 Å². The fourth-order valence-corrected chi connectivity index (χ4v) is 0.868. The molecule has 0 saturated heterocycles. The monoisotopic (exact) mass is 308 g/mol. The molecule has 0 aliphatic carbocycles. The summed E-state index contributed by atoms with van der Waals surface area (Å²) in [5.41, 5.74) is 5.45. The second-order valence-corrected chi connectivity index (χ2v) is 4.29. The molecule has 0 rings (SSSR count). The smallest absolute Gasteiger partial charge is 0.330 e. The number of nitrogens with zero attached hydrogens (tertiary/aromatic N) is 1. The standard InChI is InChI=1S/C5H8N2O2S.C4H6O2.C2H6O2/c1-3(7)4(5(8)9)10-2-6;1-3(2)4(5)6;3-1-2-4/h3-4H,7H2,1H3,(H,8,9);1H2,2H3,(H,5,6);3-4H,1-2H2. The van der Waals surface area contributed by atoms with Crippen LogP contribution in [0.25, 0.3) is 0 Å². The first-order valence-electron chi connectivity index (χ1n) is 5.29. The number of thiocyanates is 1. The molecule has 20 heavy (non-hydrogen) atoms. The Labute approximate surface area is 121 Å². The van der Waals surface area contributed by atoms with Crippen molar-refractivity contribution in [2.24, 2.45) is 5.73 Å². The maximum Gasteiger partial charge on any atom is 0.330 e. The number of thioether (sulfide) groups is 1. The molecule has 9 heteroatoms. The number of nitriles is 1. The van der Waals surface area contributed by atoms with Crippen molar-refractivity contribution in [1.29, 1.82) is 5.26 Å². The van der Waals surface area contributed by atoms with Crippen LogP contribution < -0.4 is 5.73 Å². The third-order valence-corrected chi connectivity index (χ3v) is 2.36. The van der Waals surface area contributed by atoms with Crippen LogP contribution in [0, 0.1) is 10.7 Å². The van der Waals surface area contributed by atoms with Gasteiger partial charge >= 0.3 is 11.9 Å². The number of rotatable bonds is 5. The average molecular weight is 308 g/mol. The first kappa shape index (κ1) is 23.5. The first-order chi connectivity index (χ1) is 9.15. The van der Waals surface area contributed by atoms with Gasteiger partial charge in [-0.15, -0.1) is 0 Å². The molecular weight excluding hydrogens is 288 g/mol. The van der Waals surface area contributed by atoms with Crippen molar-refractivity contribution < 1.29 is 30.0 Å². The Hall–Kier alpha value is -1.60. The molecule has 2 atom stereocenters. The molecule has 0 aromatic rings. The summed E-state index contributed by atoms with van der Waals surface area (Å²) >= 11 is 0.674. The predicted octanol–water partition coefficient (Wildman–Crippen LogP) is -0.381. The van der Waals surface area contributed by atoms with Crippen molar-refractivity contribution in [3.8, 4) is 5.40 Å². The highest BCUT2D eigenvalue weighted by Crippen LogP contribution is 2.11. The molecule has 0 radical (unpaired) electrons. The van der Waals surface area contributed by atoms with Crippen molar-refractivity contribution >= 4 is 23.7 Å². The molecule has 0 aromatic carbocycles. The number of aliphatic carboxylic acids is 2. The molecule has 0 fully saturated rings. The minimum Gasteiger partial charge on any atom is -0.480 e. The van der Waals surface area contributed by atoms with Gasteiger partial charge in [-0.05, 0) is 25.6 Å². The van der Waals surface area contributed by atoms with E-state index < -0.39 is 23.2 Å². The first-order valence-corrected chi connectivity index (χ1v) is 6.17. The van der Waals surface area contributed by atoms with E-state index in [1.807, 2.05) is 0 Å². The van der Waals surface area contributed by atoms with Crippen molar-refractivity contribution in [3.05, 3.63) is 12.2 Å². The number of carboxylic acids is 2. The van der Waals surface area contributed by atoms with Crippen LogP contribution in [-0.4, -0.2) is 56.9 Å². The molecule has 8 nitrogen and oxygen atoms in total. The second-order valence-electron chi connectivity index (χ2n) is 3.36. The summed E-state index contributed by atoms with van der Waals surface area (Å²) in [5.74, 6) is -1.98. The zero-order valence-electron chi connectivity index (χ0n) is 11.3. The van der Waals surface area contributed by atoms with E-state index in [4.69, 9.17) is 31.4 Å². The molecule has 6 N–H and O–H groups in total. The van der Waals surface area contributed by atoms with Gasteiger partial charge in [0.2, 0.25) is 0 Å². The zero-order chi connectivity index (χ0) is 16.7. The molecule has 2 unspecified atom stereocenters. The van der Waals surface area contributed by atoms with E-state index in [2.05, 4.69) is 6.58 Å². The second kappa shape index (κ2) is 15.5. The van der Waals surface area contributed by atoms with Gasteiger partial charge in [-0.2, -0.15) is 5.26 Å². The van der Waals surface area contributed by atoms with Crippen LogP contribution in [0.4, 0.5) is 0 Å². The number of nitrogens with two attached hydrogens (primary N) is 1. The van der Waals surface area contributed by atoms with E-state index >= 15 is 0 Å². The van der Waals surface area contributed by atoms with E-state index in [0.29, 0.717) is 11.8 Å². The summed E-state index contributed by atoms with van der Waals surface area (Å²) in [6.45, 7) is 5.91. The van der Waals surface area contributed by atoms with Gasteiger partial charge in [0.05, 0.1) is 13.2 Å². The lowest BCUT2D eigenvalue weighted by atomic mass is 10.2. The summed E-state index contributed by atoms with van der Waals surface area (Å²) in [6.07, 6.45) is 0. The number of aliphatic hydroxyl groups is 2. The van der Waals surface area contributed by atoms with E-state index in [1.165, 1.54) is 6.92 Å².